The van der Waals surface area contributed by atoms with Crippen LogP contribution in [0.1, 0.15) is 26.3 Å². The van der Waals surface area contributed by atoms with Crippen LogP contribution >= 0.6 is 15.9 Å². The zero-order valence-corrected chi connectivity index (χ0v) is 13.2. The van der Waals surface area contributed by atoms with Gasteiger partial charge in [0, 0.05) is 10.9 Å². The molecule has 6 heteroatoms. The van der Waals surface area contributed by atoms with Crippen molar-refractivity contribution in [2.75, 3.05) is 0 Å². The normalized spacial score (nSPS) is 14.4. The van der Waals surface area contributed by atoms with Crippen LogP contribution in [0.25, 0.3) is 0 Å². The molecule has 0 aliphatic rings. The quantitative estimate of drug-likeness (QED) is 0.645. The number of hydrogen-bond acceptors (Lipinski definition) is 4. The number of halogens is 1. The molecule has 0 heterocycles. The average Bonchev–Trinajstić information content (AvgIpc) is 2.29. The van der Waals surface area contributed by atoms with Crippen molar-refractivity contribution in [3.05, 3.63) is 34.3 Å². The third-order valence-corrected chi connectivity index (χ3v) is 3.07. The fraction of sp³-hybridized carbons (Fsp3) is 0.429. The Kier molecular flexibility index (Phi) is 4.94. The minimum absolute atomic E-state index is 0.134. The van der Waals surface area contributed by atoms with E-state index in [4.69, 9.17) is 10.5 Å². The maximum Gasteiger partial charge on any atom is 0.338 e. The number of esters is 1. The molecule has 0 saturated carbocycles. The molecule has 0 aliphatic carbocycles. The molecule has 20 heavy (non-hydrogen) atoms. The highest BCUT2D eigenvalue weighted by molar-refractivity contribution is 9.10. The second kappa shape index (κ2) is 5.93. The molecule has 110 valence electrons. The molecule has 3 N–H and O–H groups in total. The number of benzene rings is 1. The van der Waals surface area contributed by atoms with Gasteiger partial charge in [-0.05, 0) is 38.5 Å². The van der Waals surface area contributed by atoms with Gasteiger partial charge in [-0.15, -0.1) is 0 Å². The van der Waals surface area contributed by atoms with E-state index in [9.17, 15) is 14.7 Å². The van der Waals surface area contributed by atoms with Gasteiger partial charge in [-0.2, -0.15) is 0 Å². The van der Waals surface area contributed by atoms with Crippen LogP contribution in [0, 0.1) is 0 Å². The monoisotopic (exact) mass is 343 g/mol. The summed E-state index contributed by atoms with van der Waals surface area (Å²) in [4.78, 5) is 23.4. The molecule has 1 atom stereocenters. The molecule has 5 nitrogen and oxygen atoms in total. The number of ether oxygens (including phenoxy) is 1. The van der Waals surface area contributed by atoms with Crippen LogP contribution in [0.5, 0.6) is 0 Å². The number of carbonyl (C=O) groups is 2. The van der Waals surface area contributed by atoms with Gasteiger partial charge in [-0.1, -0.05) is 28.1 Å². The molecule has 1 aromatic rings. The molecule has 0 aromatic heterocycles. The van der Waals surface area contributed by atoms with E-state index in [2.05, 4.69) is 15.9 Å². The third kappa shape index (κ3) is 4.31. The van der Waals surface area contributed by atoms with Gasteiger partial charge in [0.2, 0.25) is 5.54 Å². The molecular weight excluding hydrogens is 326 g/mol. The Labute approximate surface area is 126 Å². The number of carboxylic acid groups (broad SMARTS) is 1. The summed E-state index contributed by atoms with van der Waals surface area (Å²) >= 11 is 3.28. The minimum Gasteiger partial charge on any atom is -0.479 e. The predicted molar refractivity (Wildman–Crippen MR) is 78.2 cm³/mol. The van der Waals surface area contributed by atoms with E-state index in [-0.39, 0.29) is 6.42 Å². The van der Waals surface area contributed by atoms with Crippen molar-refractivity contribution in [1.29, 1.82) is 0 Å². The van der Waals surface area contributed by atoms with Gasteiger partial charge >= 0.3 is 11.9 Å². The minimum atomic E-state index is -2.10. The molecule has 0 saturated heterocycles. The SMILES string of the molecule is CC(C)(C)OC(=O)C(N)(Cc1ccc(Br)cc1)C(=O)O. The number of carboxylic acids is 1. The van der Waals surface area contributed by atoms with Crippen molar-refractivity contribution in [1.82, 2.24) is 0 Å². The first-order valence-corrected chi connectivity index (χ1v) is 6.84. The first kappa shape index (κ1) is 16.7. The Balaban J connectivity index is 3.00. The van der Waals surface area contributed by atoms with E-state index < -0.39 is 23.1 Å². The van der Waals surface area contributed by atoms with Gasteiger partial charge in [0.1, 0.15) is 5.60 Å². The zero-order valence-electron chi connectivity index (χ0n) is 11.6. The lowest BCUT2D eigenvalue weighted by Crippen LogP contribution is -2.58. The summed E-state index contributed by atoms with van der Waals surface area (Å²) in [7, 11) is 0. The molecule has 0 radical (unpaired) electrons. The van der Waals surface area contributed by atoms with Crippen LogP contribution in [0.2, 0.25) is 0 Å². The maximum atomic E-state index is 12.1. The van der Waals surface area contributed by atoms with Crippen molar-refractivity contribution in [2.45, 2.75) is 38.3 Å². The third-order valence-electron chi connectivity index (χ3n) is 2.54. The van der Waals surface area contributed by atoms with Gasteiger partial charge < -0.3 is 15.6 Å². The van der Waals surface area contributed by atoms with Crippen molar-refractivity contribution in [3.8, 4) is 0 Å². The van der Waals surface area contributed by atoms with Crippen LogP contribution in [-0.2, 0) is 20.7 Å². The molecule has 0 bridgehead atoms. The highest BCUT2D eigenvalue weighted by Crippen LogP contribution is 2.19. The van der Waals surface area contributed by atoms with Gasteiger partial charge in [0.05, 0.1) is 0 Å². The standard InChI is InChI=1S/C14H18BrNO4/c1-13(2,3)20-12(19)14(16,11(17)18)8-9-4-6-10(15)7-5-9/h4-7H,8,16H2,1-3H3,(H,17,18). The van der Waals surface area contributed by atoms with E-state index in [1.165, 1.54) is 0 Å². The number of hydrogen-bond donors (Lipinski definition) is 2. The van der Waals surface area contributed by atoms with Crippen molar-refractivity contribution < 1.29 is 19.4 Å². The smallest absolute Gasteiger partial charge is 0.338 e. The van der Waals surface area contributed by atoms with E-state index in [1.807, 2.05) is 0 Å². The lowest BCUT2D eigenvalue weighted by molar-refractivity contribution is -0.169. The number of carbonyl (C=O) groups excluding carboxylic acids is 1. The summed E-state index contributed by atoms with van der Waals surface area (Å²) in [5.74, 6) is -2.35. The van der Waals surface area contributed by atoms with Crippen LogP contribution in [0.15, 0.2) is 28.7 Å². The Morgan fingerprint density at radius 2 is 1.75 bits per heavy atom. The Bertz CT molecular complexity index is 507. The summed E-state index contributed by atoms with van der Waals surface area (Å²) in [5.41, 5.74) is 3.53. The highest BCUT2D eigenvalue weighted by Gasteiger charge is 2.45. The summed E-state index contributed by atoms with van der Waals surface area (Å²) in [6.45, 7) is 4.98. The van der Waals surface area contributed by atoms with Crippen LogP contribution in [0.4, 0.5) is 0 Å². The fourth-order valence-electron chi connectivity index (χ4n) is 1.53. The van der Waals surface area contributed by atoms with Gasteiger partial charge in [-0.25, -0.2) is 9.59 Å². The molecule has 1 unspecified atom stereocenters. The van der Waals surface area contributed by atoms with Gasteiger partial charge in [-0.3, -0.25) is 0 Å². The first-order valence-electron chi connectivity index (χ1n) is 6.05. The topological polar surface area (TPSA) is 89.6 Å². The highest BCUT2D eigenvalue weighted by atomic mass is 79.9. The molecule has 1 rings (SSSR count). The summed E-state index contributed by atoms with van der Waals surface area (Å²) < 4.78 is 5.96. The number of rotatable bonds is 4. The maximum absolute atomic E-state index is 12.1. The fourth-order valence-corrected chi connectivity index (χ4v) is 1.79. The Morgan fingerprint density at radius 1 is 1.25 bits per heavy atom. The molecule has 0 aliphatic heterocycles. The number of nitrogens with two attached hydrogens (primary N) is 1. The van der Waals surface area contributed by atoms with E-state index >= 15 is 0 Å². The van der Waals surface area contributed by atoms with E-state index in [0.29, 0.717) is 5.56 Å². The number of aliphatic carboxylic acids is 1. The lowest BCUT2D eigenvalue weighted by Gasteiger charge is -2.28. The Morgan fingerprint density at radius 3 is 2.15 bits per heavy atom. The summed E-state index contributed by atoms with van der Waals surface area (Å²) in [6.07, 6.45) is -0.134. The van der Waals surface area contributed by atoms with E-state index in [1.54, 1.807) is 45.0 Å². The van der Waals surface area contributed by atoms with Gasteiger partial charge in [0.25, 0.3) is 0 Å². The first-order chi connectivity index (χ1) is 9.04. The molecular formula is C14H18BrNO4. The largest absolute Gasteiger partial charge is 0.479 e. The van der Waals surface area contributed by atoms with Crippen molar-refractivity contribution in [2.24, 2.45) is 5.73 Å². The Hall–Kier alpha value is -1.40. The second-order valence-electron chi connectivity index (χ2n) is 5.58. The van der Waals surface area contributed by atoms with E-state index in [0.717, 1.165) is 4.47 Å². The lowest BCUT2D eigenvalue weighted by atomic mass is 9.91. The van der Waals surface area contributed by atoms with Crippen molar-refractivity contribution >= 4 is 27.9 Å². The molecule has 0 fully saturated rings. The van der Waals surface area contributed by atoms with Crippen molar-refractivity contribution in [3.63, 3.8) is 0 Å². The average molecular weight is 344 g/mol. The zero-order chi connectivity index (χ0) is 15.6. The second-order valence-corrected chi connectivity index (χ2v) is 6.50. The molecule has 1 aromatic carbocycles. The van der Waals surface area contributed by atoms with Crippen LogP contribution in [-0.4, -0.2) is 28.2 Å². The van der Waals surface area contributed by atoms with Crippen LogP contribution < -0.4 is 5.73 Å². The predicted octanol–water partition coefficient (Wildman–Crippen LogP) is 2.12. The van der Waals surface area contributed by atoms with Gasteiger partial charge in [0.15, 0.2) is 0 Å². The molecule has 0 amide bonds. The molecule has 0 spiro atoms. The summed E-state index contributed by atoms with van der Waals surface area (Å²) in [5, 5.41) is 9.28. The summed E-state index contributed by atoms with van der Waals surface area (Å²) in [6, 6.07) is 6.93. The van der Waals surface area contributed by atoms with Crippen LogP contribution in [0.3, 0.4) is 0 Å².